The second kappa shape index (κ2) is 7.16. The fourth-order valence-electron chi connectivity index (χ4n) is 3.10. The van der Waals surface area contributed by atoms with Gasteiger partial charge in [0.2, 0.25) is 0 Å². The van der Waals surface area contributed by atoms with Gasteiger partial charge in [-0.3, -0.25) is 4.79 Å². The predicted molar refractivity (Wildman–Crippen MR) is 102 cm³/mol. The van der Waals surface area contributed by atoms with Crippen LogP contribution in [0.25, 0.3) is 16.9 Å². The van der Waals surface area contributed by atoms with Gasteiger partial charge in [0.15, 0.2) is 0 Å². The Morgan fingerprint density at radius 1 is 1.04 bits per heavy atom. The molecule has 0 aliphatic carbocycles. The minimum absolute atomic E-state index is 0.106. The van der Waals surface area contributed by atoms with Gasteiger partial charge in [0.1, 0.15) is 0 Å². The molecule has 0 bridgehead atoms. The highest BCUT2D eigenvalue weighted by Crippen LogP contribution is 2.30. The smallest absolute Gasteiger partial charge is 0.303 e. The summed E-state index contributed by atoms with van der Waals surface area (Å²) < 4.78 is 2.15. The van der Waals surface area contributed by atoms with Gasteiger partial charge >= 0.3 is 5.97 Å². The van der Waals surface area contributed by atoms with Gasteiger partial charge in [-0.1, -0.05) is 41.4 Å². The lowest BCUT2D eigenvalue weighted by Crippen LogP contribution is -2.06. The van der Waals surface area contributed by atoms with Crippen molar-refractivity contribution in [1.82, 2.24) is 4.57 Å². The van der Waals surface area contributed by atoms with Gasteiger partial charge in [-0.25, -0.2) is 0 Å². The third-order valence-electron chi connectivity index (χ3n) is 4.29. The highest BCUT2D eigenvalue weighted by Gasteiger charge is 2.14. The molecule has 1 heterocycles. The highest BCUT2D eigenvalue weighted by atomic mass is 35.5. The Labute approximate surface area is 152 Å². The monoisotopic (exact) mass is 353 g/mol. The molecule has 1 aromatic heterocycles. The molecule has 2 aromatic carbocycles. The predicted octanol–water partition coefficient (Wildman–Crippen LogP) is 5.43. The van der Waals surface area contributed by atoms with E-state index in [9.17, 15) is 4.79 Å². The summed E-state index contributed by atoms with van der Waals surface area (Å²) in [7, 11) is 0. The quantitative estimate of drug-likeness (QED) is 0.664. The first-order valence-corrected chi connectivity index (χ1v) is 8.59. The molecule has 1 N–H and O–H groups in total. The summed E-state index contributed by atoms with van der Waals surface area (Å²) in [5.74, 6) is -0.790. The maximum Gasteiger partial charge on any atom is 0.303 e. The fraction of sp³-hybridized carbons (Fsp3) is 0.190. The van der Waals surface area contributed by atoms with Crippen LogP contribution in [0.4, 0.5) is 0 Å². The van der Waals surface area contributed by atoms with Crippen LogP contribution in [0.1, 0.15) is 23.2 Å². The molecule has 0 saturated carbocycles. The molecule has 128 valence electrons. The topological polar surface area (TPSA) is 42.2 Å². The molecule has 0 radical (unpaired) electrons. The van der Waals surface area contributed by atoms with Gasteiger partial charge in [-0.2, -0.15) is 0 Å². The third kappa shape index (κ3) is 3.77. The molecule has 0 saturated heterocycles. The standard InChI is InChI=1S/C21H20ClNO2/c1-14-3-10-19(15(2)13-14)23-18(9-12-21(24)25)8-11-20(23)16-4-6-17(22)7-5-16/h3-8,10-11,13H,9,12H2,1-2H3,(H,24,25). The Morgan fingerprint density at radius 3 is 2.40 bits per heavy atom. The molecule has 3 aromatic rings. The number of carboxylic acid groups (broad SMARTS) is 1. The normalized spacial score (nSPS) is 10.8. The summed E-state index contributed by atoms with van der Waals surface area (Å²) in [6.07, 6.45) is 0.589. The first-order chi connectivity index (χ1) is 12.0. The molecule has 25 heavy (non-hydrogen) atoms. The van der Waals surface area contributed by atoms with Crippen LogP contribution in [0, 0.1) is 13.8 Å². The molecule has 0 aliphatic rings. The summed E-state index contributed by atoms with van der Waals surface area (Å²) in [6.45, 7) is 4.15. The van der Waals surface area contributed by atoms with Crippen LogP contribution in [0.3, 0.4) is 0 Å². The van der Waals surface area contributed by atoms with E-state index < -0.39 is 5.97 Å². The van der Waals surface area contributed by atoms with E-state index in [1.807, 2.05) is 36.4 Å². The van der Waals surface area contributed by atoms with Gasteiger partial charge in [0.25, 0.3) is 0 Å². The number of hydrogen-bond acceptors (Lipinski definition) is 1. The Bertz CT molecular complexity index is 910. The molecule has 0 atom stereocenters. The molecule has 0 aliphatic heterocycles. The van der Waals surface area contributed by atoms with Crippen molar-refractivity contribution in [3.63, 3.8) is 0 Å². The lowest BCUT2D eigenvalue weighted by Gasteiger charge is -2.17. The number of aromatic nitrogens is 1. The van der Waals surface area contributed by atoms with Crippen LogP contribution in [0.5, 0.6) is 0 Å². The van der Waals surface area contributed by atoms with Gasteiger partial charge in [-0.05, 0) is 61.7 Å². The number of aliphatic carboxylic acids is 1. The Balaban J connectivity index is 2.15. The van der Waals surface area contributed by atoms with E-state index >= 15 is 0 Å². The van der Waals surface area contributed by atoms with E-state index in [0.717, 1.165) is 28.2 Å². The van der Waals surface area contributed by atoms with Crippen molar-refractivity contribution in [2.75, 3.05) is 0 Å². The minimum atomic E-state index is -0.790. The molecule has 3 rings (SSSR count). The summed E-state index contributed by atoms with van der Waals surface area (Å²) in [6, 6.07) is 18.1. The van der Waals surface area contributed by atoms with E-state index in [1.54, 1.807) is 0 Å². The number of rotatable bonds is 5. The van der Waals surface area contributed by atoms with Crippen LogP contribution >= 0.6 is 11.6 Å². The van der Waals surface area contributed by atoms with Crippen molar-refractivity contribution in [2.45, 2.75) is 26.7 Å². The summed E-state index contributed by atoms with van der Waals surface area (Å²) in [5.41, 5.74) is 6.49. The third-order valence-corrected chi connectivity index (χ3v) is 4.54. The average molecular weight is 354 g/mol. The first kappa shape index (κ1) is 17.3. The maximum atomic E-state index is 11.0. The van der Waals surface area contributed by atoms with E-state index in [1.165, 1.54) is 5.56 Å². The SMILES string of the molecule is Cc1ccc(-n2c(CCC(=O)O)ccc2-c2ccc(Cl)cc2)c(C)c1. The number of nitrogens with zero attached hydrogens (tertiary/aromatic N) is 1. The molecule has 0 spiro atoms. The van der Waals surface area contributed by atoms with Crippen LogP contribution in [0.15, 0.2) is 54.6 Å². The van der Waals surface area contributed by atoms with Crippen LogP contribution in [-0.4, -0.2) is 15.6 Å². The summed E-state index contributed by atoms with van der Waals surface area (Å²) in [4.78, 5) is 11.0. The Kier molecular flexibility index (Phi) is 4.95. The number of aryl methyl sites for hydroxylation is 3. The number of carbonyl (C=O) groups is 1. The van der Waals surface area contributed by atoms with E-state index in [4.69, 9.17) is 16.7 Å². The maximum absolute atomic E-state index is 11.0. The van der Waals surface area contributed by atoms with Crippen molar-refractivity contribution in [3.05, 3.63) is 76.4 Å². The van der Waals surface area contributed by atoms with Gasteiger partial charge in [-0.15, -0.1) is 0 Å². The number of hydrogen-bond donors (Lipinski definition) is 1. The van der Waals surface area contributed by atoms with E-state index in [2.05, 4.69) is 36.6 Å². The molecule has 0 amide bonds. The summed E-state index contributed by atoms with van der Waals surface area (Å²) in [5, 5.41) is 9.75. The van der Waals surface area contributed by atoms with Crippen LogP contribution in [-0.2, 0) is 11.2 Å². The molecule has 0 unspecified atom stereocenters. The van der Waals surface area contributed by atoms with Crippen LogP contribution < -0.4 is 0 Å². The zero-order valence-electron chi connectivity index (χ0n) is 14.3. The van der Waals surface area contributed by atoms with Crippen LogP contribution in [0.2, 0.25) is 5.02 Å². The first-order valence-electron chi connectivity index (χ1n) is 8.21. The van der Waals surface area contributed by atoms with Crippen molar-refractivity contribution in [1.29, 1.82) is 0 Å². The van der Waals surface area contributed by atoms with Crippen molar-refractivity contribution in [3.8, 4) is 16.9 Å². The van der Waals surface area contributed by atoms with Gasteiger partial charge < -0.3 is 9.67 Å². The van der Waals surface area contributed by atoms with Crippen molar-refractivity contribution >= 4 is 17.6 Å². The minimum Gasteiger partial charge on any atom is -0.481 e. The lowest BCUT2D eigenvalue weighted by atomic mass is 10.1. The number of carboxylic acids is 1. The number of benzene rings is 2. The second-order valence-corrected chi connectivity index (χ2v) is 6.67. The molecule has 3 nitrogen and oxygen atoms in total. The van der Waals surface area contributed by atoms with Gasteiger partial charge in [0, 0.05) is 16.4 Å². The molecule has 4 heteroatoms. The number of halogens is 1. The van der Waals surface area contributed by atoms with Gasteiger partial charge in [0.05, 0.1) is 12.1 Å². The van der Waals surface area contributed by atoms with Crippen molar-refractivity contribution < 1.29 is 9.90 Å². The zero-order chi connectivity index (χ0) is 18.0. The second-order valence-electron chi connectivity index (χ2n) is 6.24. The highest BCUT2D eigenvalue weighted by molar-refractivity contribution is 6.30. The summed E-state index contributed by atoms with van der Waals surface area (Å²) >= 11 is 6.02. The van der Waals surface area contributed by atoms with Crippen molar-refractivity contribution in [2.24, 2.45) is 0 Å². The van der Waals surface area contributed by atoms with E-state index in [0.29, 0.717) is 11.4 Å². The average Bonchev–Trinajstić information content (AvgIpc) is 2.97. The lowest BCUT2D eigenvalue weighted by molar-refractivity contribution is -0.136. The Hall–Kier alpha value is -2.52. The fourth-order valence-corrected chi connectivity index (χ4v) is 3.22. The molecular formula is C21H20ClNO2. The molecule has 0 fully saturated rings. The largest absolute Gasteiger partial charge is 0.481 e. The van der Waals surface area contributed by atoms with E-state index in [-0.39, 0.29) is 6.42 Å². The Morgan fingerprint density at radius 2 is 1.76 bits per heavy atom. The zero-order valence-corrected chi connectivity index (χ0v) is 15.0. The molecular weight excluding hydrogens is 334 g/mol.